The maximum atomic E-state index is 13.9. The highest BCUT2D eigenvalue weighted by Crippen LogP contribution is 2.24. The fourth-order valence-electron chi connectivity index (χ4n) is 2.42. The van der Waals surface area contributed by atoms with Crippen molar-refractivity contribution in [2.45, 2.75) is 12.8 Å². The van der Waals surface area contributed by atoms with Gasteiger partial charge in [-0.05, 0) is 54.6 Å². The van der Waals surface area contributed by atoms with E-state index in [0.717, 1.165) is 22.2 Å². The van der Waals surface area contributed by atoms with Crippen LogP contribution in [0.1, 0.15) is 11.1 Å². The van der Waals surface area contributed by atoms with Gasteiger partial charge in [-0.3, -0.25) is 0 Å². The first-order chi connectivity index (χ1) is 10.1. The molecule has 0 saturated carbocycles. The highest BCUT2D eigenvalue weighted by Gasteiger charge is 2.14. The van der Waals surface area contributed by atoms with Crippen molar-refractivity contribution in [3.8, 4) is 5.75 Å². The molecule has 1 atom stereocenters. The summed E-state index contributed by atoms with van der Waals surface area (Å²) in [6, 6.07) is 13.0. The van der Waals surface area contributed by atoms with Gasteiger partial charge in [0, 0.05) is 4.47 Å². The molecule has 0 heterocycles. The molecule has 1 unspecified atom stereocenters. The van der Waals surface area contributed by atoms with Crippen LogP contribution in [0.3, 0.4) is 0 Å². The number of para-hydroxylation sites is 1. The van der Waals surface area contributed by atoms with E-state index in [2.05, 4.69) is 15.9 Å². The fraction of sp³-hybridized carbons (Fsp3) is 0.294. The molecule has 21 heavy (non-hydrogen) atoms. The Morgan fingerprint density at radius 1 is 1.14 bits per heavy atom. The lowest BCUT2D eigenvalue weighted by atomic mass is 9.92. The van der Waals surface area contributed by atoms with Gasteiger partial charge >= 0.3 is 0 Å². The van der Waals surface area contributed by atoms with Crippen LogP contribution < -0.4 is 10.5 Å². The molecule has 0 fully saturated rings. The van der Waals surface area contributed by atoms with Crippen molar-refractivity contribution in [3.63, 3.8) is 0 Å². The minimum Gasteiger partial charge on any atom is -0.496 e. The lowest BCUT2D eigenvalue weighted by molar-refractivity contribution is 0.403. The Labute approximate surface area is 133 Å². The van der Waals surface area contributed by atoms with Crippen LogP contribution in [0, 0.1) is 11.7 Å². The zero-order chi connectivity index (χ0) is 15.2. The van der Waals surface area contributed by atoms with Crippen molar-refractivity contribution in [1.29, 1.82) is 0 Å². The van der Waals surface area contributed by atoms with Gasteiger partial charge in [0.05, 0.1) is 7.11 Å². The Bertz CT molecular complexity index is 603. The molecule has 0 radical (unpaired) electrons. The zero-order valence-corrected chi connectivity index (χ0v) is 13.6. The molecule has 0 spiro atoms. The van der Waals surface area contributed by atoms with Crippen molar-refractivity contribution in [2.24, 2.45) is 11.7 Å². The Morgan fingerprint density at radius 3 is 2.52 bits per heavy atom. The number of nitrogens with two attached hydrogens (primary N) is 1. The zero-order valence-electron chi connectivity index (χ0n) is 12.0. The Morgan fingerprint density at radius 2 is 1.86 bits per heavy atom. The highest BCUT2D eigenvalue weighted by molar-refractivity contribution is 9.10. The number of hydrogen-bond acceptors (Lipinski definition) is 2. The summed E-state index contributed by atoms with van der Waals surface area (Å²) in [6.45, 7) is 0.507. The number of halogens is 2. The van der Waals surface area contributed by atoms with Crippen LogP contribution in [0.5, 0.6) is 5.75 Å². The van der Waals surface area contributed by atoms with Gasteiger partial charge in [0.15, 0.2) is 0 Å². The molecule has 0 aliphatic rings. The van der Waals surface area contributed by atoms with E-state index in [0.29, 0.717) is 18.5 Å². The lowest BCUT2D eigenvalue weighted by Crippen LogP contribution is -2.20. The predicted octanol–water partition coefficient (Wildman–Crippen LogP) is 3.96. The van der Waals surface area contributed by atoms with Gasteiger partial charge in [0.1, 0.15) is 11.6 Å². The number of rotatable bonds is 6. The van der Waals surface area contributed by atoms with Crippen LogP contribution in [0.15, 0.2) is 46.9 Å². The van der Waals surface area contributed by atoms with Crippen LogP contribution in [-0.4, -0.2) is 13.7 Å². The van der Waals surface area contributed by atoms with E-state index in [-0.39, 0.29) is 11.7 Å². The quantitative estimate of drug-likeness (QED) is 0.854. The van der Waals surface area contributed by atoms with E-state index in [1.807, 2.05) is 36.4 Å². The molecule has 0 bridgehead atoms. The van der Waals surface area contributed by atoms with E-state index in [1.165, 1.54) is 6.07 Å². The molecule has 2 nitrogen and oxygen atoms in total. The Kier molecular flexibility index (Phi) is 5.76. The fourth-order valence-corrected chi connectivity index (χ4v) is 2.75. The van der Waals surface area contributed by atoms with E-state index in [9.17, 15) is 4.39 Å². The largest absolute Gasteiger partial charge is 0.496 e. The third-order valence-electron chi connectivity index (χ3n) is 3.56. The molecule has 0 aromatic heterocycles. The molecule has 0 aliphatic carbocycles. The summed E-state index contributed by atoms with van der Waals surface area (Å²) in [7, 11) is 1.66. The number of ether oxygens (including phenoxy) is 1. The Balaban J connectivity index is 2.13. The first-order valence-corrected chi connectivity index (χ1v) is 7.69. The highest BCUT2D eigenvalue weighted by atomic mass is 79.9. The van der Waals surface area contributed by atoms with Crippen LogP contribution in [0.4, 0.5) is 4.39 Å². The third kappa shape index (κ3) is 4.29. The third-order valence-corrected chi connectivity index (χ3v) is 4.05. The molecule has 2 aromatic rings. The standard InChI is InChI=1S/C17H19BrFNO/c1-21-17-5-3-2-4-14(17)9-12(11-20)8-13-6-7-15(18)10-16(13)19/h2-7,10,12H,8-9,11,20H2,1H3. The van der Waals surface area contributed by atoms with Gasteiger partial charge < -0.3 is 10.5 Å². The van der Waals surface area contributed by atoms with Gasteiger partial charge in [0.25, 0.3) is 0 Å². The molecular weight excluding hydrogens is 333 g/mol. The molecule has 2 N–H and O–H groups in total. The van der Waals surface area contributed by atoms with Crippen molar-refractivity contribution < 1.29 is 9.13 Å². The molecule has 2 aromatic carbocycles. The molecule has 112 valence electrons. The summed E-state index contributed by atoms with van der Waals surface area (Å²) < 4.78 is 20.0. The Hall–Kier alpha value is -1.39. The van der Waals surface area contributed by atoms with Crippen LogP contribution in [-0.2, 0) is 12.8 Å². The molecule has 4 heteroatoms. The molecular formula is C17H19BrFNO. The van der Waals surface area contributed by atoms with Gasteiger partial charge in [-0.2, -0.15) is 0 Å². The monoisotopic (exact) mass is 351 g/mol. The van der Waals surface area contributed by atoms with E-state index < -0.39 is 0 Å². The minimum atomic E-state index is -0.192. The minimum absolute atomic E-state index is 0.178. The van der Waals surface area contributed by atoms with Crippen LogP contribution in [0.25, 0.3) is 0 Å². The van der Waals surface area contributed by atoms with Gasteiger partial charge in [-0.1, -0.05) is 40.2 Å². The first kappa shape index (κ1) is 16.0. The van der Waals surface area contributed by atoms with Crippen molar-refractivity contribution in [3.05, 3.63) is 63.9 Å². The number of benzene rings is 2. The summed E-state index contributed by atoms with van der Waals surface area (Å²) >= 11 is 3.27. The van der Waals surface area contributed by atoms with Crippen LogP contribution >= 0.6 is 15.9 Å². The second-order valence-electron chi connectivity index (χ2n) is 5.06. The van der Waals surface area contributed by atoms with Crippen molar-refractivity contribution >= 4 is 15.9 Å². The molecule has 0 aliphatic heterocycles. The maximum absolute atomic E-state index is 13.9. The summed E-state index contributed by atoms with van der Waals surface area (Å²) in [6.07, 6.45) is 1.39. The van der Waals surface area contributed by atoms with Crippen molar-refractivity contribution in [2.75, 3.05) is 13.7 Å². The van der Waals surface area contributed by atoms with Gasteiger partial charge in [-0.25, -0.2) is 4.39 Å². The lowest BCUT2D eigenvalue weighted by Gasteiger charge is -2.17. The second kappa shape index (κ2) is 7.57. The smallest absolute Gasteiger partial charge is 0.127 e. The van der Waals surface area contributed by atoms with E-state index >= 15 is 0 Å². The first-order valence-electron chi connectivity index (χ1n) is 6.90. The average Bonchev–Trinajstić information content (AvgIpc) is 2.49. The van der Waals surface area contributed by atoms with Gasteiger partial charge in [-0.15, -0.1) is 0 Å². The summed E-state index contributed by atoms with van der Waals surface area (Å²) in [5.74, 6) is 0.840. The van der Waals surface area contributed by atoms with Crippen molar-refractivity contribution in [1.82, 2.24) is 0 Å². The normalized spacial score (nSPS) is 12.2. The number of methoxy groups -OCH3 is 1. The van der Waals surface area contributed by atoms with E-state index in [4.69, 9.17) is 10.5 Å². The van der Waals surface area contributed by atoms with Gasteiger partial charge in [0.2, 0.25) is 0 Å². The predicted molar refractivity (Wildman–Crippen MR) is 87.0 cm³/mol. The molecule has 0 saturated heterocycles. The average molecular weight is 352 g/mol. The summed E-state index contributed by atoms with van der Waals surface area (Å²) in [5, 5.41) is 0. The summed E-state index contributed by atoms with van der Waals surface area (Å²) in [5.41, 5.74) is 7.67. The second-order valence-corrected chi connectivity index (χ2v) is 5.97. The maximum Gasteiger partial charge on any atom is 0.127 e. The van der Waals surface area contributed by atoms with E-state index in [1.54, 1.807) is 7.11 Å². The number of hydrogen-bond donors (Lipinski definition) is 1. The molecule has 2 rings (SSSR count). The summed E-state index contributed by atoms with van der Waals surface area (Å²) in [4.78, 5) is 0. The SMILES string of the molecule is COc1ccccc1CC(CN)Cc1ccc(Br)cc1F. The molecule has 0 amide bonds. The van der Waals surface area contributed by atoms with Crippen LogP contribution in [0.2, 0.25) is 0 Å². The topological polar surface area (TPSA) is 35.2 Å².